The number of urea groups is 1. The molecule has 4 nitrogen and oxygen atoms in total. The Morgan fingerprint density at radius 2 is 2.38 bits per heavy atom. The molecular weight excluding hydrogens is 166 g/mol. The number of carbonyl (C=O) groups is 1. The minimum absolute atomic E-state index is 0.0472. The number of nitrogens with two attached hydrogens (primary N) is 1. The summed E-state index contributed by atoms with van der Waals surface area (Å²) in [4.78, 5) is 13.3. The van der Waals surface area contributed by atoms with Gasteiger partial charge in [-0.1, -0.05) is 0 Å². The maximum atomic E-state index is 11.5. The molecule has 0 aromatic heterocycles. The molecule has 13 heavy (non-hydrogen) atoms. The number of nitrogens with zero attached hydrogens (tertiary/aromatic N) is 1. The Morgan fingerprint density at radius 3 is 2.85 bits per heavy atom. The highest BCUT2D eigenvalue weighted by atomic mass is 16.2. The second-order valence-corrected chi connectivity index (χ2v) is 3.94. The first-order valence-electron chi connectivity index (χ1n) is 4.89. The molecule has 1 unspecified atom stereocenters. The molecular formula is C9H19N3O. The zero-order chi connectivity index (χ0) is 9.84. The minimum Gasteiger partial charge on any atom is -0.336 e. The van der Waals surface area contributed by atoms with Crippen molar-refractivity contribution in [2.45, 2.75) is 26.3 Å². The summed E-state index contributed by atoms with van der Waals surface area (Å²) in [6.07, 6.45) is 1.04. The van der Waals surface area contributed by atoms with Crippen molar-refractivity contribution >= 4 is 6.03 Å². The van der Waals surface area contributed by atoms with E-state index in [9.17, 15) is 4.79 Å². The molecule has 1 heterocycles. The second kappa shape index (κ2) is 4.46. The van der Waals surface area contributed by atoms with E-state index >= 15 is 0 Å². The van der Waals surface area contributed by atoms with Crippen LogP contribution in [0.25, 0.3) is 0 Å². The standard InChI is InChI=1S/C9H19N3O/c1-7(2)11-9(13)12-4-3-8(5-10)6-12/h7-8H,3-6,10H2,1-2H3,(H,11,13). The molecule has 0 bridgehead atoms. The van der Waals surface area contributed by atoms with Gasteiger partial charge in [0.2, 0.25) is 0 Å². The van der Waals surface area contributed by atoms with Gasteiger partial charge in [-0.15, -0.1) is 0 Å². The summed E-state index contributed by atoms with van der Waals surface area (Å²) >= 11 is 0. The SMILES string of the molecule is CC(C)NC(=O)N1CCC(CN)C1. The lowest BCUT2D eigenvalue weighted by Crippen LogP contribution is -2.42. The van der Waals surface area contributed by atoms with Crippen LogP contribution in [0.4, 0.5) is 4.79 Å². The lowest BCUT2D eigenvalue weighted by atomic mass is 10.1. The number of carbonyl (C=O) groups excluding carboxylic acids is 1. The van der Waals surface area contributed by atoms with Crippen molar-refractivity contribution in [3.8, 4) is 0 Å². The van der Waals surface area contributed by atoms with E-state index in [1.165, 1.54) is 0 Å². The van der Waals surface area contributed by atoms with Crippen molar-refractivity contribution in [2.75, 3.05) is 19.6 Å². The van der Waals surface area contributed by atoms with Gasteiger partial charge in [0, 0.05) is 19.1 Å². The predicted molar refractivity (Wildman–Crippen MR) is 52.4 cm³/mol. The molecule has 0 aromatic carbocycles. The Morgan fingerprint density at radius 1 is 1.69 bits per heavy atom. The van der Waals surface area contributed by atoms with Crippen molar-refractivity contribution in [1.29, 1.82) is 0 Å². The van der Waals surface area contributed by atoms with Gasteiger partial charge in [0.05, 0.1) is 0 Å². The van der Waals surface area contributed by atoms with Crippen molar-refractivity contribution in [3.05, 3.63) is 0 Å². The van der Waals surface area contributed by atoms with Crippen LogP contribution in [0.15, 0.2) is 0 Å². The van der Waals surface area contributed by atoms with Crippen LogP contribution in [0.3, 0.4) is 0 Å². The third-order valence-corrected chi connectivity index (χ3v) is 2.32. The van der Waals surface area contributed by atoms with Gasteiger partial charge >= 0.3 is 6.03 Å². The first-order valence-corrected chi connectivity index (χ1v) is 4.89. The van der Waals surface area contributed by atoms with Crippen LogP contribution in [0.1, 0.15) is 20.3 Å². The van der Waals surface area contributed by atoms with Crippen LogP contribution in [-0.2, 0) is 0 Å². The van der Waals surface area contributed by atoms with Gasteiger partial charge in [-0.3, -0.25) is 0 Å². The van der Waals surface area contributed by atoms with Crippen molar-refractivity contribution in [1.82, 2.24) is 10.2 Å². The molecule has 3 N–H and O–H groups in total. The van der Waals surface area contributed by atoms with Gasteiger partial charge in [-0.05, 0) is 32.7 Å². The van der Waals surface area contributed by atoms with E-state index in [1.54, 1.807) is 0 Å². The molecule has 1 aliphatic rings. The average molecular weight is 185 g/mol. The van der Waals surface area contributed by atoms with E-state index in [0.29, 0.717) is 12.5 Å². The third-order valence-electron chi connectivity index (χ3n) is 2.32. The van der Waals surface area contributed by atoms with Crippen LogP contribution in [0.5, 0.6) is 0 Å². The summed E-state index contributed by atoms with van der Waals surface area (Å²) in [5.41, 5.74) is 5.54. The van der Waals surface area contributed by atoms with Crippen LogP contribution < -0.4 is 11.1 Å². The fourth-order valence-corrected chi connectivity index (χ4v) is 1.55. The summed E-state index contributed by atoms with van der Waals surface area (Å²) in [7, 11) is 0. The normalized spacial score (nSPS) is 22.5. The molecule has 0 radical (unpaired) electrons. The smallest absolute Gasteiger partial charge is 0.317 e. The number of hydrogen-bond acceptors (Lipinski definition) is 2. The Hall–Kier alpha value is -0.770. The molecule has 4 heteroatoms. The van der Waals surface area contributed by atoms with Crippen molar-refractivity contribution in [2.24, 2.45) is 11.7 Å². The highest BCUT2D eigenvalue weighted by Gasteiger charge is 2.25. The summed E-state index contributed by atoms with van der Waals surface area (Å²) in [6.45, 7) is 6.28. The monoisotopic (exact) mass is 185 g/mol. The number of nitrogens with one attached hydrogen (secondary N) is 1. The number of amides is 2. The van der Waals surface area contributed by atoms with Crippen LogP contribution in [0, 0.1) is 5.92 Å². The fourth-order valence-electron chi connectivity index (χ4n) is 1.55. The van der Waals surface area contributed by atoms with E-state index in [4.69, 9.17) is 5.73 Å². The van der Waals surface area contributed by atoms with Gasteiger partial charge < -0.3 is 16.0 Å². The quantitative estimate of drug-likeness (QED) is 0.653. The summed E-state index contributed by atoms with van der Waals surface area (Å²) in [5.74, 6) is 0.498. The zero-order valence-electron chi connectivity index (χ0n) is 8.42. The molecule has 2 amide bonds. The molecule has 1 fully saturated rings. The Bertz CT molecular complexity index is 182. The lowest BCUT2D eigenvalue weighted by Gasteiger charge is -2.18. The highest BCUT2D eigenvalue weighted by Crippen LogP contribution is 2.14. The summed E-state index contributed by atoms with van der Waals surface area (Å²) in [5, 5.41) is 2.88. The average Bonchev–Trinajstić information content (AvgIpc) is 2.50. The van der Waals surface area contributed by atoms with Crippen LogP contribution in [-0.4, -0.2) is 36.6 Å². The number of likely N-dealkylation sites (tertiary alicyclic amines) is 1. The molecule has 76 valence electrons. The largest absolute Gasteiger partial charge is 0.336 e. The van der Waals surface area contributed by atoms with Gasteiger partial charge in [-0.2, -0.15) is 0 Å². The maximum Gasteiger partial charge on any atom is 0.317 e. The maximum absolute atomic E-state index is 11.5. The Kier molecular flexibility index (Phi) is 3.54. The number of rotatable bonds is 2. The topological polar surface area (TPSA) is 58.4 Å². The molecule has 1 rings (SSSR count). The van der Waals surface area contributed by atoms with Gasteiger partial charge in [0.15, 0.2) is 0 Å². The van der Waals surface area contributed by atoms with E-state index in [2.05, 4.69) is 5.32 Å². The molecule has 0 saturated carbocycles. The summed E-state index contributed by atoms with van der Waals surface area (Å²) < 4.78 is 0. The van der Waals surface area contributed by atoms with Crippen molar-refractivity contribution in [3.63, 3.8) is 0 Å². The van der Waals surface area contributed by atoms with Gasteiger partial charge in [-0.25, -0.2) is 4.79 Å². The highest BCUT2D eigenvalue weighted by molar-refractivity contribution is 5.74. The van der Waals surface area contributed by atoms with Gasteiger partial charge in [0.1, 0.15) is 0 Å². The van der Waals surface area contributed by atoms with E-state index < -0.39 is 0 Å². The molecule has 0 aliphatic carbocycles. The van der Waals surface area contributed by atoms with Crippen LogP contribution in [0.2, 0.25) is 0 Å². The van der Waals surface area contributed by atoms with E-state index in [-0.39, 0.29) is 12.1 Å². The predicted octanol–water partition coefficient (Wildman–Crippen LogP) is 0.385. The first kappa shape index (κ1) is 10.3. The number of hydrogen-bond donors (Lipinski definition) is 2. The first-order chi connectivity index (χ1) is 6.13. The van der Waals surface area contributed by atoms with E-state index in [1.807, 2.05) is 18.7 Å². The zero-order valence-corrected chi connectivity index (χ0v) is 8.42. The molecule has 1 atom stereocenters. The molecule has 0 aromatic rings. The second-order valence-electron chi connectivity index (χ2n) is 3.94. The molecule has 1 saturated heterocycles. The Balaban J connectivity index is 2.33. The lowest BCUT2D eigenvalue weighted by molar-refractivity contribution is 0.204. The third kappa shape index (κ3) is 2.88. The summed E-state index contributed by atoms with van der Waals surface area (Å²) in [6, 6.07) is 0.260. The van der Waals surface area contributed by atoms with Gasteiger partial charge in [0.25, 0.3) is 0 Å². The minimum atomic E-state index is 0.0472. The van der Waals surface area contributed by atoms with E-state index in [0.717, 1.165) is 19.5 Å². The van der Waals surface area contributed by atoms with Crippen LogP contribution >= 0.6 is 0 Å². The molecule has 1 aliphatic heterocycles. The van der Waals surface area contributed by atoms with Crippen molar-refractivity contribution < 1.29 is 4.79 Å². The fraction of sp³-hybridized carbons (Fsp3) is 0.889. The molecule has 0 spiro atoms. The Labute approximate surface area is 79.5 Å².